The van der Waals surface area contributed by atoms with Gasteiger partial charge in [0, 0.05) is 6.42 Å². The quantitative estimate of drug-likeness (QED) is 0.218. The van der Waals surface area contributed by atoms with Crippen molar-refractivity contribution in [3.8, 4) is 0 Å². The number of Topliss-reactive ketones (excluding diaryl/α,β-unsaturated/α-hetero) is 1. The molecule has 0 aromatic heterocycles. The second kappa shape index (κ2) is 10.8. The Bertz CT molecular complexity index is 767. The maximum absolute atomic E-state index is 12.1. The monoisotopic (exact) mass is 373 g/mol. The van der Waals surface area contributed by atoms with Gasteiger partial charge in [0.25, 0.3) is 0 Å². The lowest BCUT2D eigenvalue weighted by atomic mass is 9.97. The Hall–Kier alpha value is -3.06. The molecule has 0 spiro atoms. The van der Waals surface area contributed by atoms with E-state index in [-0.39, 0.29) is 24.4 Å². The molecule has 1 aliphatic heterocycles. The van der Waals surface area contributed by atoms with Crippen LogP contribution in [0.1, 0.15) is 20.3 Å². The number of carbonyl (C=O) groups is 4. The number of esters is 1. The summed E-state index contributed by atoms with van der Waals surface area (Å²) in [7, 11) is 1.26. The molecule has 1 saturated heterocycles. The van der Waals surface area contributed by atoms with E-state index in [1.165, 1.54) is 13.2 Å². The third kappa shape index (κ3) is 6.99. The molecule has 27 heavy (non-hydrogen) atoms. The molecule has 1 aliphatic rings. The van der Waals surface area contributed by atoms with Crippen LogP contribution >= 0.6 is 0 Å². The van der Waals surface area contributed by atoms with Crippen LogP contribution in [-0.4, -0.2) is 42.4 Å². The van der Waals surface area contributed by atoms with E-state index in [4.69, 9.17) is 5.11 Å². The average Bonchev–Trinajstić information content (AvgIpc) is 2.97. The van der Waals surface area contributed by atoms with Crippen LogP contribution in [-0.2, 0) is 23.9 Å². The zero-order valence-electron chi connectivity index (χ0n) is 15.5. The molecular formula is C20H23NO6. The van der Waals surface area contributed by atoms with Crippen LogP contribution in [0.2, 0.25) is 0 Å². The number of imide groups is 1. The zero-order chi connectivity index (χ0) is 20.4. The lowest BCUT2D eigenvalue weighted by Crippen LogP contribution is -2.26. The van der Waals surface area contributed by atoms with E-state index in [2.05, 4.69) is 10.1 Å². The average molecular weight is 373 g/mol. The first-order valence-electron chi connectivity index (χ1n) is 8.27. The smallest absolute Gasteiger partial charge is 0.337 e. The first-order chi connectivity index (χ1) is 12.8. The number of nitrogens with one attached hydrogen (secondary N) is 1. The second-order valence-electron chi connectivity index (χ2n) is 5.85. The zero-order valence-corrected chi connectivity index (χ0v) is 15.5. The Morgan fingerprint density at radius 3 is 2.48 bits per heavy atom. The first-order valence-corrected chi connectivity index (χ1v) is 8.27. The van der Waals surface area contributed by atoms with Crippen molar-refractivity contribution in [3.05, 3.63) is 59.3 Å². The van der Waals surface area contributed by atoms with E-state index < -0.39 is 23.7 Å². The highest BCUT2D eigenvalue weighted by molar-refractivity contribution is 6.18. The Labute approximate surface area is 157 Å². The third-order valence-electron chi connectivity index (χ3n) is 3.72. The lowest BCUT2D eigenvalue weighted by Gasteiger charge is -2.03. The number of ketones is 1. The minimum absolute atomic E-state index is 0.111. The van der Waals surface area contributed by atoms with Crippen molar-refractivity contribution in [2.75, 3.05) is 13.7 Å². The fraction of sp³-hybridized carbons (Fsp3) is 0.300. The van der Waals surface area contributed by atoms with Crippen molar-refractivity contribution in [1.29, 1.82) is 0 Å². The van der Waals surface area contributed by atoms with Crippen molar-refractivity contribution in [3.63, 3.8) is 0 Å². The number of ether oxygens (including phenoxy) is 1. The highest BCUT2D eigenvalue weighted by atomic mass is 16.5. The summed E-state index contributed by atoms with van der Waals surface area (Å²) in [6.07, 6.45) is 11.1. The van der Waals surface area contributed by atoms with E-state index >= 15 is 0 Å². The van der Waals surface area contributed by atoms with Gasteiger partial charge in [0.2, 0.25) is 11.8 Å². The summed E-state index contributed by atoms with van der Waals surface area (Å²) in [6, 6.07) is 0. The van der Waals surface area contributed by atoms with Gasteiger partial charge in [-0.1, -0.05) is 36.0 Å². The van der Waals surface area contributed by atoms with E-state index in [0.717, 1.165) is 5.57 Å². The third-order valence-corrected chi connectivity index (χ3v) is 3.72. The SMILES string of the molecule is COC(=O)C(=C\CO)/C=C(C)/C=C/C=C/C=C(\C)C(=O)[C@@H]1CC(=O)NC1=O. The van der Waals surface area contributed by atoms with Crippen molar-refractivity contribution >= 4 is 23.6 Å². The topological polar surface area (TPSA) is 110 Å². The highest BCUT2D eigenvalue weighted by Crippen LogP contribution is 2.16. The van der Waals surface area contributed by atoms with Crippen LogP contribution in [0.25, 0.3) is 0 Å². The molecule has 144 valence electrons. The summed E-state index contributed by atoms with van der Waals surface area (Å²) in [5.41, 5.74) is 1.38. The fourth-order valence-electron chi connectivity index (χ4n) is 2.30. The van der Waals surface area contributed by atoms with Gasteiger partial charge in [-0.2, -0.15) is 0 Å². The number of hydrogen-bond acceptors (Lipinski definition) is 6. The van der Waals surface area contributed by atoms with Crippen LogP contribution in [0, 0.1) is 5.92 Å². The predicted octanol–water partition coefficient (Wildman–Crippen LogP) is 1.31. The largest absolute Gasteiger partial charge is 0.465 e. The summed E-state index contributed by atoms with van der Waals surface area (Å²) in [5, 5.41) is 11.0. The van der Waals surface area contributed by atoms with Gasteiger partial charge in [0.15, 0.2) is 5.78 Å². The molecule has 0 aromatic carbocycles. The molecule has 1 rings (SSSR count). The van der Waals surface area contributed by atoms with Gasteiger partial charge >= 0.3 is 5.97 Å². The Morgan fingerprint density at radius 1 is 1.22 bits per heavy atom. The minimum atomic E-state index is -0.946. The molecule has 0 bridgehead atoms. The molecule has 1 heterocycles. The van der Waals surface area contributed by atoms with Crippen LogP contribution in [0.4, 0.5) is 0 Å². The molecule has 0 aliphatic carbocycles. The van der Waals surface area contributed by atoms with Gasteiger partial charge in [-0.05, 0) is 31.6 Å². The van der Waals surface area contributed by atoms with Gasteiger partial charge in [-0.3, -0.25) is 19.7 Å². The number of methoxy groups -OCH3 is 1. The van der Waals surface area contributed by atoms with Gasteiger partial charge < -0.3 is 9.84 Å². The normalized spacial score (nSPS) is 19.1. The molecule has 2 amide bonds. The molecule has 7 nitrogen and oxygen atoms in total. The van der Waals surface area contributed by atoms with Gasteiger partial charge in [-0.25, -0.2) is 4.79 Å². The Morgan fingerprint density at radius 2 is 1.93 bits per heavy atom. The van der Waals surface area contributed by atoms with E-state index in [0.29, 0.717) is 5.57 Å². The number of carbonyl (C=O) groups excluding carboxylic acids is 4. The Balaban J connectivity index is 2.70. The van der Waals surface area contributed by atoms with Gasteiger partial charge in [0.1, 0.15) is 5.92 Å². The van der Waals surface area contributed by atoms with Crippen LogP contribution in [0.5, 0.6) is 0 Å². The number of allylic oxidation sites excluding steroid dienone is 7. The first kappa shape index (κ1) is 22.0. The summed E-state index contributed by atoms with van der Waals surface area (Å²) in [4.78, 5) is 46.3. The predicted molar refractivity (Wildman–Crippen MR) is 99.2 cm³/mol. The number of rotatable bonds is 8. The van der Waals surface area contributed by atoms with Crippen LogP contribution in [0.3, 0.4) is 0 Å². The van der Waals surface area contributed by atoms with Crippen molar-refractivity contribution in [2.45, 2.75) is 20.3 Å². The number of amides is 2. The molecule has 7 heteroatoms. The van der Waals surface area contributed by atoms with Crippen molar-refractivity contribution < 1.29 is 29.0 Å². The molecular weight excluding hydrogens is 350 g/mol. The van der Waals surface area contributed by atoms with E-state index in [9.17, 15) is 19.2 Å². The molecule has 0 radical (unpaired) electrons. The Kier molecular flexibility index (Phi) is 8.81. The fourth-order valence-corrected chi connectivity index (χ4v) is 2.30. The molecule has 0 aromatic rings. The minimum Gasteiger partial charge on any atom is -0.465 e. The molecule has 0 unspecified atom stereocenters. The number of hydrogen-bond donors (Lipinski definition) is 2. The maximum Gasteiger partial charge on any atom is 0.337 e. The van der Waals surface area contributed by atoms with Gasteiger partial charge in [0.05, 0.1) is 19.3 Å². The van der Waals surface area contributed by atoms with Crippen molar-refractivity contribution in [2.24, 2.45) is 5.92 Å². The molecule has 2 N–H and O–H groups in total. The van der Waals surface area contributed by atoms with E-state index in [1.54, 1.807) is 50.3 Å². The number of aliphatic hydroxyl groups is 1. The summed E-state index contributed by atoms with van der Waals surface area (Å²) in [6.45, 7) is 3.08. The molecule has 1 fully saturated rings. The summed E-state index contributed by atoms with van der Waals surface area (Å²) >= 11 is 0. The number of aliphatic hydroxyl groups excluding tert-OH is 1. The molecule has 1 atom stereocenters. The summed E-state index contributed by atoms with van der Waals surface area (Å²) in [5.74, 6) is -2.86. The summed E-state index contributed by atoms with van der Waals surface area (Å²) < 4.78 is 4.62. The maximum atomic E-state index is 12.1. The standard InChI is InChI=1S/C20H23NO6/c1-13(11-15(9-10-22)20(26)27-3)7-5-4-6-8-14(2)18(24)16-12-17(23)21-19(16)25/h4-9,11,16,22H,10,12H2,1-3H3,(H,21,23,25)/b6-4+,7-5+,13-11+,14-8+,15-9-/t16-/m0/s1. The lowest BCUT2D eigenvalue weighted by molar-refractivity contribution is -0.136. The van der Waals surface area contributed by atoms with Crippen molar-refractivity contribution in [1.82, 2.24) is 5.32 Å². The second-order valence-corrected chi connectivity index (χ2v) is 5.85. The van der Waals surface area contributed by atoms with Gasteiger partial charge in [-0.15, -0.1) is 0 Å². The van der Waals surface area contributed by atoms with Crippen LogP contribution < -0.4 is 5.32 Å². The molecule has 0 saturated carbocycles. The highest BCUT2D eigenvalue weighted by Gasteiger charge is 2.36. The van der Waals surface area contributed by atoms with Crippen LogP contribution in [0.15, 0.2) is 59.3 Å². The van der Waals surface area contributed by atoms with E-state index in [1.807, 2.05) is 0 Å².